The second-order valence-electron chi connectivity index (χ2n) is 6.52. The van der Waals surface area contributed by atoms with Crippen LogP contribution in [0.5, 0.6) is 0 Å². The van der Waals surface area contributed by atoms with Crippen LogP contribution in [0.3, 0.4) is 0 Å². The predicted molar refractivity (Wildman–Crippen MR) is 81.3 cm³/mol. The van der Waals surface area contributed by atoms with E-state index in [0.29, 0.717) is 6.04 Å². The molecule has 1 heteroatoms. The minimum atomic E-state index is 0.675. The van der Waals surface area contributed by atoms with E-state index in [1.807, 2.05) is 0 Å². The van der Waals surface area contributed by atoms with E-state index in [0.717, 1.165) is 12.5 Å². The second kappa shape index (κ2) is 6.09. The van der Waals surface area contributed by atoms with Crippen LogP contribution in [0, 0.1) is 5.92 Å². The normalized spacial score (nSPS) is 21.3. The molecular weight excluding hydrogens is 230 g/mol. The van der Waals surface area contributed by atoms with Crippen LogP contribution in [-0.2, 0) is 19.4 Å². The molecule has 104 valence electrons. The number of rotatable bonds is 4. The molecule has 19 heavy (non-hydrogen) atoms. The molecular formula is C18H27N. The minimum Gasteiger partial charge on any atom is -0.310 e. The van der Waals surface area contributed by atoms with Crippen LogP contribution in [0.1, 0.15) is 62.1 Å². The Hall–Kier alpha value is -0.820. The highest BCUT2D eigenvalue weighted by atomic mass is 14.9. The Morgan fingerprint density at radius 2 is 1.84 bits per heavy atom. The Kier molecular flexibility index (Phi) is 4.22. The molecule has 0 unspecified atom stereocenters. The Morgan fingerprint density at radius 3 is 2.68 bits per heavy atom. The van der Waals surface area contributed by atoms with E-state index in [1.165, 1.54) is 56.9 Å². The first-order valence-electron chi connectivity index (χ1n) is 8.17. The Balaban J connectivity index is 1.53. The van der Waals surface area contributed by atoms with Gasteiger partial charge in [-0.3, -0.25) is 0 Å². The number of nitrogens with one attached hydrogen (secondary N) is 1. The van der Waals surface area contributed by atoms with Crippen molar-refractivity contribution in [1.82, 2.24) is 5.32 Å². The van der Waals surface area contributed by atoms with E-state index in [4.69, 9.17) is 0 Å². The fourth-order valence-electron chi connectivity index (χ4n) is 3.81. The summed E-state index contributed by atoms with van der Waals surface area (Å²) in [5.74, 6) is 0.906. The molecule has 0 aromatic heterocycles. The van der Waals surface area contributed by atoms with Crippen LogP contribution in [0.4, 0.5) is 0 Å². The molecule has 3 rings (SSSR count). The average molecular weight is 257 g/mol. The summed E-state index contributed by atoms with van der Waals surface area (Å²) in [5, 5.41) is 3.76. The van der Waals surface area contributed by atoms with E-state index >= 15 is 0 Å². The third-order valence-electron chi connectivity index (χ3n) is 5.15. The molecule has 1 N–H and O–H groups in total. The molecule has 1 aromatic carbocycles. The van der Waals surface area contributed by atoms with E-state index in [1.54, 1.807) is 11.1 Å². The van der Waals surface area contributed by atoms with Crippen molar-refractivity contribution in [3.8, 4) is 0 Å². The van der Waals surface area contributed by atoms with E-state index < -0.39 is 0 Å². The lowest BCUT2D eigenvalue weighted by Crippen LogP contribution is -2.34. The van der Waals surface area contributed by atoms with Gasteiger partial charge in [0.15, 0.2) is 0 Å². The summed E-state index contributed by atoms with van der Waals surface area (Å²) in [6.45, 7) is 3.42. The summed E-state index contributed by atoms with van der Waals surface area (Å²) >= 11 is 0. The van der Waals surface area contributed by atoms with E-state index in [9.17, 15) is 0 Å². The Bertz CT molecular complexity index is 418. The maximum absolute atomic E-state index is 3.76. The molecule has 0 amide bonds. The molecule has 0 radical (unpaired) electrons. The van der Waals surface area contributed by atoms with Crippen LogP contribution in [0.2, 0.25) is 0 Å². The molecule has 1 atom stereocenters. The quantitative estimate of drug-likeness (QED) is 0.851. The Morgan fingerprint density at radius 1 is 1.05 bits per heavy atom. The van der Waals surface area contributed by atoms with Crippen LogP contribution in [-0.4, -0.2) is 6.04 Å². The SMILES string of the molecule is C[C@@H](NCc1ccc2c(c1)CCC2)C1CCCCC1. The highest BCUT2D eigenvalue weighted by Gasteiger charge is 2.19. The van der Waals surface area contributed by atoms with Crippen LogP contribution < -0.4 is 5.32 Å². The summed E-state index contributed by atoms with van der Waals surface area (Å²) in [6, 6.07) is 7.78. The van der Waals surface area contributed by atoms with Crippen molar-refractivity contribution >= 4 is 0 Å². The summed E-state index contributed by atoms with van der Waals surface area (Å²) in [7, 11) is 0. The fraction of sp³-hybridized carbons (Fsp3) is 0.667. The maximum Gasteiger partial charge on any atom is 0.0208 e. The van der Waals surface area contributed by atoms with Crippen molar-refractivity contribution < 1.29 is 0 Å². The average Bonchev–Trinajstić information content (AvgIpc) is 2.93. The van der Waals surface area contributed by atoms with Gasteiger partial charge >= 0.3 is 0 Å². The summed E-state index contributed by atoms with van der Waals surface area (Å²) in [4.78, 5) is 0. The van der Waals surface area contributed by atoms with Crippen molar-refractivity contribution in [1.29, 1.82) is 0 Å². The lowest BCUT2D eigenvalue weighted by atomic mass is 9.84. The van der Waals surface area contributed by atoms with Gasteiger partial charge in [0.2, 0.25) is 0 Å². The summed E-state index contributed by atoms with van der Waals surface area (Å²) < 4.78 is 0. The summed E-state index contributed by atoms with van der Waals surface area (Å²) in [5.41, 5.74) is 4.66. The topological polar surface area (TPSA) is 12.0 Å². The lowest BCUT2D eigenvalue weighted by molar-refractivity contribution is 0.280. The van der Waals surface area contributed by atoms with Crippen LogP contribution in [0.25, 0.3) is 0 Å². The van der Waals surface area contributed by atoms with Gasteiger partial charge in [-0.25, -0.2) is 0 Å². The van der Waals surface area contributed by atoms with Gasteiger partial charge < -0.3 is 5.32 Å². The van der Waals surface area contributed by atoms with Gasteiger partial charge in [0.05, 0.1) is 0 Å². The number of benzene rings is 1. The summed E-state index contributed by atoms with van der Waals surface area (Å²) in [6.07, 6.45) is 11.1. The first-order valence-corrected chi connectivity index (χ1v) is 8.17. The molecule has 1 fully saturated rings. The van der Waals surface area contributed by atoms with Gasteiger partial charge in [-0.2, -0.15) is 0 Å². The number of aryl methyl sites for hydroxylation is 2. The molecule has 0 aliphatic heterocycles. The third-order valence-corrected chi connectivity index (χ3v) is 5.15. The second-order valence-corrected chi connectivity index (χ2v) is 6.52. The van der Waals surface area contributed by atoms with Crippen LogP contribution >= 0.6 is 0 Å². The molecule has 2 aliphatic carbocycles. The van der Waals surface area contributed by atoms with Crippen molar-refractivity contribution in [3.63, 3.8) is 0 Å². The highest BCUT2D eigenvalue weighted by Crippen LogP contribution is 2.27. The van der Waals surface area contributed by atoms with Gasteiger partial charge in [0.1, 0.15) is 0 Å². The zero-order valence-electron chi connectivity index (χ0n) is 12.3. The van der Waals surface area contributed by atoms with Gasteiger partial charge in [0.25, 0.3) is 0 Å². The van der Waals surface area contributed by atoms with Gasteiger partial charge in [-0.15, -0.1) is 0 Å². The number of hydrogen-bond donors (Lipinski definition) is 1. The van der Waals surface area contributed by atoms with Crippen molar-refractivity contribution in [2.45, 2.75) is 70.9 Å². The molecule has 0 heterocycles. The van der Waals surface area contributed by atoms with Crippen LogP contribution in [0.15, 0.2) is 18.2 Å². The van der Waals surface area contributed by atoms with E-state index in [2.05, 4.69) is 30.4 Å². The first kappa shape index (κ1) is 13.2. The zero-order chi connectivity index (χ0) is 13.1. The molecule has 2 aliphatic rings. The van der Waals surface area contributed by atoms with Crippen molar-refractivity contribution in [3.05, 3.63) is 34.9 Å². The van der Waals surface area contributed by atoms with Gasteiger partial charge in [-0.05, 0) is 61.6 Å². The molecule has 0 saturated heterocycles. The predicted octanol–water partition coefficient (Wildman–Crippen LogP) is 4.23. The van der Waals surface area contributed by atoms with Gasteiger partial charge in [-0.1, -0.05) is 37.5 Å². The Labute approximate surface area is 117 Å². The number of hydrogen-bond acceptors (Lipinski definition) is 1. The van der Waals surface area contributed by atoms with Crippen molar-refractivity contribution in [2.24, 2.45) is 5.92 Å². The van der Waals surface area contributed by atoms with Gasteiger partial charge in [0, 0.05) is 12.6 Å². The standard InChI is InChI=1S/C18H27N/c1-14(16-6-3-2-4-7-16)19-13-15-10-11-17-8-5-9-18(17)12-15/h10-12,14,16,19H,2-9,13H2,1H3/t14-/m1/s1. The number of fused-ring (bicyclic) bond motifs is 1. The molecule has 0 spiro atoms. The zero-order valence-corrected chi connectivity index (χ0v) is 12.3. The fourth-order valence-corrected chi connectivity index (χ4v) is 3.81. The minimum absolute atomic E-state index is 0.675. The maximum atomic E-state index is 3.76. The smallest absolute Gasteiger partial charge is 0.0208 e. The first-order chi connectivity index (χ1) is 9.33. The van der Waals surface area contributed by atoms with Crippen molar-refractivity contribution in [2.75, 3.05) is 0 Å². The lowest BCUT2D eigenvalue weighted by Gasteiger charge is -2.28. The third kappa shape index (κ3) is 3.20. The largest absolute Gasteiger partial charge is 0.310 e. The van der Waals surface area contributed by atoms with E-state index in [-0.39, 0.29) is 0 Å². The molecule has 0 bridgehead atoms. The molecule has 1 aromatic rings. The molecule has 1 saturated carbocycles. The monoisotopic (exact) mass is 257 g/mol. The highest BCUT2D eigenvalue weighted by molar-refractivity contribution is 5.35. The molecule has 1 nitrogen and oxygen atoms in total.